The summed E-state index contributed by atoms with van der Waals surface area (Å²) < 4.78 is -0.0431. The lowest BCUT2D eigenvalue weighted by Crippen LogP contribution is -2.13. The fourth-order valence-corrected chi connectivity index (χ4v) is 4.60. The van der Waals surface area contributed by atoms with E-state index in [9.17, 15) is 20.2 Å². The fourth-order valence-electron chi connectivity index (χ4n) is 3.40. The Kier molecular flexibility index (Phi) is 8.94. The second-order valence-corrected chi connectivity index (χ2v) is 8.74. The standard InChI is InChI=1S/C18H25Br2N5O4/c1-3-5-7-8-10-12(9-6-4-2)11-23-21-15-13(19)17(24(26)27)18(25(28)29)14(20)16(15)22-23/h12H,3-11H2,1-2H3. The lowest BCUT2D eigenvalue weighted by molar-refractivity contribution is -0.423. The molecule has 29 heavy (non-hydrogen) atoms. The van der Waals surface area contributed by atoms with Crippen molar-refractivity contribution in [2.75, 3.05) is 0 Å². The molecule has 0 N–H and O–H groups in total. The molecule has 11 heteroatoms. The van der Waals surface area contributed by atoms with Crippen molar-refractivity contribution >= 4 is 54.3 Å². The Morgan fingerprint density at radius 3 is 1.79 bits per heavy atom. The summed E-state index contributed by atoms with van der Waals surface area (Å²) in [5, 5.41) is 31.6. The first-order chi connectivity index (χ1) is 13.8. The number of rotatable bonds is 12. The highest BCUT2D eigenvalue weighted by atomic mass is 79.9. The molecule has 1 aromatic carbocycles. The number of nitro benzene ring substituents is 2. The van der Waals surface area contributed by atoms with Crippen molar-refractivity contribution in [1.29, 1.82) is 0 Å². The second-order valence-electron chi connectivity index (χ2n) is 7.15. The van der Waals surface area contributed by atoms with E-state index in [-0.39, 0.29) is 20.0 Å². The molecule has 160 valence electrons. The number of halogens is 2. The normalized spacial score (nSPS) is 12.4. The van der Waals surface area contributed by atoms with Gasteiger partial charge in [-0.2, -0.15) is 15.0 Å². The molecule has 0 amide bonds. The molecule has 0 bridgehead atoms. The van der Waals surface area contributed by atoms with Crippen LogP contribution in [0.3, 0.4) is 0 Å². The Morgan fingerprint density at radius 2 is 1.34 bits per heavy atom. The summed E-state index contributed by atoms with van der Waals surface area (Å²) in [4.78, 5) is 22.8. The number of unbranched alkanes of at least 4 members (excludes halogenated alkanes) is 4. The molecule has 0 saturated carbocycles. The number of hydrogen-bond acceptors (Lipinski definition) is 6. The molecule has 1 unspecified atom stereocenters. The van der Waals surface area contributed by atoms with Crippen molar-refractivity contribution in [3.05, 3.63) is 29.2 Å². The highest BCUT2D eigenvalue weighted by Crippen LogP contribution is 2.45. The van der Waals surface area contributed by atoms with E-state index in [1.165, 1.54) is 24.1 Å². The van der Waals surface area contributed by atoms with E-state index in [1.54, 1.807) is 0 Å². The van der Waals surface area contributed by atoms with E-state index in [0.29, 0.717) is 12.5 Å². The van der Waals surface area contributed by atoms with Crippen LogP contribution in [0.15, 0.2) is 8.95 Å². The molecule has 0 fully saturated rings. The smallest absolute Gasteiger partial charge is 0.258 e. The number of fused-ring (bicyclic) bond motifs is 1. The maximum atomic E-state index is 11.4. The Labute approximate surface area is 185 Å². The molecule has 1 atom stereocenters. The average Bonchev–Trinajstić information content (AvgIpc) is 3.09. The SMILES string of the molecule is CCCCCCC(CCCC)Cn1nc2c(Br)c([N+](=O)[O-])c([N+](=O)[O-])c(Br)c2n1. The number of benzene rings is 1. The van der Waals surface area contributed by atoms with E-state index in [2.05, 4.69) is 55.9 Å². The van der Waals surface area contributed by atoms with Gasteiger partial charge < -0.3 is 0 Å². The molecule has 1 heterocycles. The Balaban J connectivity index is 2.38. The van der Waals surface area contributed by atoms with Gasteiger partial charge >= 0.3 is 11.4 Å². The molecule has 0 saturated heterocycles. The van der Waals surface area contributed by atoms with Crippen LogP contribution >= 0.6 is 31.9 Å². The van der Waals surface area contributed by atoms with Gasteiger partial charge in [-0.25, -0.2) is 0 Å². The maximum absolute atomic E-state index is 11.4. The molecular formula is C18H25Br2N5O4. The van der Waals surface area contributed by atoms with E-state index in [1.807, 2.05) is 0 Å². The zero-order valence-electron chi connectivity index (χ0n) is 16.6. The summed E-state index contributed by atoms with van der Waals surface area (Å²) in [6, 6.07) is 0. The Hall–Kier alpha value is -1.62. The third-order valence-corrected chi connectivity index (χ3v) is 6.43. The molecule has 9 nitrogen and oxygen atoms in total. The van der Waals surface area contributed by atoms with E-state index in [0.717, 1.165) is 32.1 Å². The summed E-state index contributed by atoms with van der Waals surface area (Å²) in [6.07, 6.45) is 9.10. The molecular weight excluding hydrogens is 510 g/mol. The summed E-state index contributed by atoms with van der Waals surface area (Å²) in [5.41, 5.74) is -0.754. The van der Waals surface area contributed by atoms with Crippen LogP contribution in [-0.4, -0.2) is 24.8 Å². The van der Waals surface area contributed by atoms with Gasteiger partial charge in [0.25, 0.3) is 0 Å². The van der Waals surface area contributed by atoms with Crippen molar-refractivity contribution in [2.24, 2.45) is 5.92 Å². The zero-order chi connectivity index (χ0) is 21.6. The number of nitrogens with zero attached hydrogens (tertiary/aromatic N) is 5. The predicted octanol–water partition coefficient (Wildman–Crippen LogP) is 6.55. The van der Waals surface area contributed by atoms with E-state index in [4.69, 9.17) is 0 Å². The van der Waals surface area contributed by atoms with Crippen molar-refractivity contribution < 1.29 is 9.85 Å². The first kappa shape index (κ1) is 23.7. The van der Waals surface area contributed by atoms with Gasteiger partial charge in [0.05, 0.1) is 16.4 Å². The van der Waals surface area contributed by atoms with Crippen LogP contribution in [0.1, 0.15) is 65.2 Å². The Morgan fingerprint density at radius 1 is 0.862 bits per heavy atom. The molecule has 0 spiro atoms. The van der Waals surface area contributed by atoms with Crippen molar-refractivity contribution in [1.82, 2.24) is 15.0 Å². The van der Waals surface area contributed by atoms with Crippen LogP contribution in [0.4, 0.5) is 11.4 Å². The van der Waals surface area contributed by atoms with Gasteiger partial charge in [0.15, 0.2) is 0 Å². The highest BCUT2D eigenvalue weighted by Gasteiger charge is 2.36. The lowest BCUT2D eigenvalue weighted by Gasteiger charge is -2.15. The van der Waals surface area contributed by atoms with Crippen LogP contribution in [0.2, 0.25) is 0 Å². The fraction of sp³-hybridized carbons (Fsp3) is 0.667. The van der Waals surface area contributed by atoms with Crippen molar-refractivity contribution in [3.8, 4) is 0 Å². The van der Waals surface area contributed by atoms with Gasteiger partial charge in [-0.05, 0) is 50.6 Å². The van der Waals surface area contributed by atoms with Crippen LogP contribution in [0.5, 0.6) is 0 Å². The summed E-state index contributed by atoms with van der Waals surface area (Å²) in [7, 11) is 0. The van der Waals surface area contributed by atoms with Gasteiger partial charge in [-0.1, -0.05) is 52.4 Å². The molecule has 1 aromatic heterocycles. The molecule has 0 aliphatic heterocycles. The molecule has 2 aromatic rings. The van der Waals surface area contributed by atoms with Crippen LogP contribution in [0, 0.1) is 26.1 Å². The minimum Gasteiger partial charge on any atom is -0.258 e. The van der Waals surface area contributed by atoms with Gasteiger partial charge in [0.2, 0.25) is 0 Å². The number of hydrogen-bond donors (Lipinski definition) is 0. The molecule has 2 rings (SSSR count). The van der Waals surface area contributed by atoms with Crippen LogP contribution in [0.25, 0.3) is 11.0 Å². The van der Waals surface area contributed by atoms with E-state index >= 15 is 0 Å². The number of aromatic nitrogens is 3. The second kappa shape index (κ2) is 11.0. The topological polar surface area (TPSA) is 117 Å². The lowest BCUT2D eigenvalue weighted by atomic mass is 9.95. The predicted molar refractivity (Wildman–Crippen MR) is 118 cm³/mol. The zero-order valence-corrected chi connectivity index (χ0v) is 19.7. The molecule has 0 aliphatic rings. The summed E-state index contributed by atoms with van der Waals surface area (Å²) in [5.74, 6) is 0.399. The largest absolute Gasteiger partial charge is 0.363 e. The quantitative estimate of drug-likeness (QED) is 0.173. The molecule has 0 radical (unpaired) electrons. The van der Waals surface area contributed by atoms with Crippen LogP contribution in [-0.2, 0) is 6.54 Å². The van der Waals surface area contributed by atoms with Gasteiger partial charge in [-0.15, -0.1) is 0 Å². The van der Waals surface area contributed by atoms with Gasteiger partial charge in [0.1, 0.15) is 20.0 Å². The third-order valence-electron chi connectivity index (χ3n) is 4.93. The third kappa shape index (κ3) is 5.71. The van der Waals surface area contributed by atoms with Crippen LogP contribution < -0.4 is 0 Å². The van der Waals surface area contributed by atoms with Crippen molar-refractivity contribution in [2.45, 2.75) is 71.8 Å². The first-order valence-electron chi connectivity index (χ1n) is 9.86. The number of nitro groups is 2. The Bertz CT molecular complexity index is 830. The minimum atomic E-state index is -0.775. The summed E-state index contributed by atoms with van der Waals surface area (Å²) >= 11 is 6.27. The first-order valence-corrected chi connectivity index (χ1v) is 11.4. The van der Waals surface area contributed by atoms with Crippen molar-refractivity contribution in [3.63, 3.8) is 0 Å². The van der Waals surface area contributed by atoms with Gasteiger partial charge in [0, 0.05) is 0 Å². The minimum absolute atomic E-state index is 0.0216. The summed E-state index contributed by atoms with van der Waals surface area (Å²) in [6.45, 7) is 4.92. The highest BCUT2D eigenvalue weighted by molar-refractivity contribution is 9.11. The van der Waals surface area contributed by atoms with E-state index < -0.39 is 21.2 Å². The maximum Gasteiger partial charge on any atom is 0.363 e. The average molecular weight is 535 g/mol. The monoisotopic (exact) mass is 533 g/mol. The molecule has 0 aliphatic carbocycles. The van der Waals surface area contributed by atoms with Gasteiger partial charge in [-0.3, -0.25) is 20.2 Å².